The number of ether oxygens (including phenoxy) is 1. The molecule has 5 nitrogen and oxygen atoms in total. The molecule has 2 N–H and O–H groups in total. The summed E-state index contributed by atoms with van der Waals surface area (Å²) >= 11 is 0. The van der Waals surface area contributed by atoms with Gasteiger partial charge in [-0.25, -0.2) is 4.79 Å². The lowest BCUT2D eigenvalue weighted by atomic mass is 10.3. The lowest BCUT2D eigenvalue weighted by Gasteiger charge is -2.28. The zero-order valence-corrected chi connectivity index (χ0v) is 11.2. The highest BCUT2D eigenvalue weighted by Gasteiger charge is 2.29. The first-order valence-corrected chi connectivity index (χ1v) is 8.41. The first-order valence-electron chi connectivity index (χ1n) is 5.00. The first kappa shape index (κ1) is 15.3. The third-order valence-corrected chi connectivity index (χ3v) is 2.48. The molecule has 0 aliphatic heterocycles. The molecule has 0 aliphatic carbocycles. The Hall–Kier alpha value is -0.693. The second kappa shape index (κ2) is 6.14. The maximum atomic E-state index is 11.3. The molecule has 0 aliphatic rings. The fraction of sp³-hybridized carbons (Fsp3) is 0.700. The van der Waals surface area contributed by atoms with Crippen molar-refractivity contribution in [2.75, 3.05) is 6.61 Å². The van der Waals surface area contributed by atoms with Gasteiger partial charge in [-0.2, -0.15) is 0 Å². The van der Waals surface area contributed by atoms with Crippen molar-refractivity contribution in [1.29, 1.82) is 0 Å². The Labute approximate surface area is 96.8 Å². The minimum atomic E-state index is -1.98. The number of hydrogen-bond donors (Lipinski definition) is 2. The molecular weight excluding hydrogens is 228 g/mol. The van der Waals surface area contributed by atoms with E-state index >= 15 is 0 Å². The highest BCUT2D eigenvalue weighted by molar-refractivity contribution is 6.69. The third kappa shape index (κ3) is 6.01. The molecule has 2 atom stereocenters. The van der Waals surface area contributed by atoms with Gasteiger partial charge in [0, 0.05) is 5.57 Å². The van der Waals surface area contributed by atoms with Gasteiger partial charge in [0.2, 0.25) is 6.29 Å². The summed E-state index contributed by atoms with van der Waals surface area (Å²) < 4.78 is 10.4. The van der Waals surface area contributed by atoms with Gasteiger partial charge < -0.3 is 19.4 Å². The van der Waals surface area contributed by atoms with E-state index < -0.39 is 33.3 Å². The quantitative estimate of drug-likeness (QED) is 0.312. The fourth-order valence-electron chi connectivity index (χ4n) is 0.822. The topological polar surface area (TPSA) is 76.0 Å². The smallest absolute Gasteiger partial charge is 0.335 e. The Morgan fingerprint density at radius 2 is 1.94 bits per heavy atom. The number of aliphatic hydroxyl groups excluding tert-OH is 2. The molecule has 94 valence electrons. The van der Waals surface area contributed by atoms with Crippen molar-refractivity contribution >= 4 is 14.3 Å². The minimum Gasteiger partial charge on any atom is -0.430 e. The Bertz CT molecular complexity index is 258. The molecule has 2 unspecified atom stereocenters. The van der Waals surface area contributed by atoms with Crippen LogP contribution in [0.1, 0.15) is 6.92 Å². The van der Waals surface area contributed by atoms with Crippen LogP contribution < -0.4 is 0 Å². The van der Waals surface area contributed by atoms with Gasteiger partial charge in [-0.15, -0.1) is 0 Å². The molecule has 0 aromatic rings. The van der Waals surface area contributed by atoms with Gasteiger partial charge in [0.05, 0.1) is 6.61 Å². The summed E-state index contributed by atoms with van der Waals surface area (Å²) in [6.07, 6.45) is -2.38. The molecule has 0 radical (unpaired) electrons. The highest BCUT2D eigenvalue weighted by atomic mass is 28.4. The molecular formula is C10H20O5Si. The average Bonchev–Trinajstić information content (AvgIpc) is 2.13. The predicted octanol–water partition coefficient (Wildman–Crippen LogP) is 0.636. The molecule has 6 heteroatoms. The van der Waals surface area contributed by atoms with Crippen LogP contribution in [-0.2, 0) is 14.0 Å². The van der Waals surface area contributed by atoms with Crippen LogP contribution >= 0.6 is 0 Å². The van der Waals surface area contributed by atoms with Crippen LogP contribution in [0.25, 0.3) is 0 Å². The van der Waals surface area contributed by atoms with Crippen molar-refractivity contribution in [3.63, 3.8) is 0 Å². The van der Waals surface area contributed by atoms with Gasteiger partial charge >= 0.3 is 5.97 Å². The van der Waals surface area contributed by atoms with Crippen molar-refractivity contribution in [3.8, 4) is 0 Å². The average molecular weight is 248 g/mol. The summed E-state index contributed by atoms with van der Waals surface area (Å²) in [6.45, 7) is 10.1. The third-order valence-electron chi connectivity index (χ3n) is 1.54. The van der Waals surface area contributed by atoms with E-state index in [2.05, 4.69) is 6.58 Å². The van der Waals surface area contributed by atoms with Crippen molar-refractivity contribution in [3.05, 3.63) is 12.2 Å². The molecule has 16 heavy (non-hydrogen) atoms. The maximum absolute atomic E-state index is 11.3. The maximum Gasteiger partial charge on any atom is 0.335 e. The molecule has 0 spiro atoms. The number of rotatable bonds is 6. The van der Waals surface area contributed by atoms with E-state index in [-0.39, 0.29) is 5.57 Å². The van der Waals surface area contributed by atoms with Crippen molar-refractivity contribution in [2.45, 2.75) is 39.0 Å². The van der Waals surface area contributed by atoms with E-state index in [4.69, 9.17) is 14.3 Å². The standard InChI is InChI=1S/C10H20O5Si/c1-7(2)9(13)14-10(8(12)6-11)15-16(3,4)5/h8,10-12H,1,6H2,2-5H3. The number of carbonyl (C=O) groups is 1. The van der Waals surface area contributed by atoms with Gasteiger partial charge in [-0.05, 0) is 26.6 Å². The number of carbonyl (C=O) groups excluding carboxylic acids is 1. The molecule has 0 amide bonds. The van der Waals surface area contributed by atoms with E-state index in [0.29, 0.717) is 0 Å². The van der Waals surface area contributed by atoms with Gasteiger partial charge in [-0.3, -0.25) is 0 Å². The van der Waals surface area contributed by atoms with Crippen LogP contribution in [0.2, 0.25) is 19.6 Å². The fourth-order valence-corrected chi connectivity index (χ4v) is 1.72. The Morgan fingerprint density at radius 3 is 2.25 bits per heavy atom. The van der Waals surface area contributed by atoms with Crippen molar-refractivity contribution in [1.82, 2.24) is 0 Å². The summed E-state index contributed by atoms with van der Waals surface area (Å²) in [5.74, 6) is -0.643. The second-order valence-corrected chi connectivity index (χ2v) is 8.99. The first-order chi connectivity index (χ1) is 7.17. The van der Waals surface area contributed by atoms with Crippen molar-refractivity contribution < 1.29 is 24.2 Å². The summed E-state index contributed by atoms with van der Waals surface area (Å²) in [5, 5.41) is 18.3. The number of aliphatic hydroxyl groups is 2. The molecule has 0 aromatic carbocycles. The SMILES string of the molecule is C=C(C)C(=O)OC(O[Si](C)(C)C)C(O)CO. The van der Waals surface area contributed by atoms with Crippen LogP contribution in [0.15, 0.2) is 12.2 Å². The van der Waals surface area contributed by atoms with E-state index in [9.17, 15) is 9.90 Å². The van der Waals surface area contributed by atoms with Gasteiger partial charge in [0.15, 0.2) is 8.32 Å². The lowest BCUT2D eigenvalue weighted by molar-refractivity contribution is -0.180. The van der Waals surface area contributed by atoms with E-state index in [1.54, 1.807) is 0 Å². The zero-order chi connectivity index (χ0) is 12.9. The van der Waals surface area contributed by atoms with Crippen LogP contribution in [0.3, 0.4) is 0 Å². The summed E-state index contributed by atoms with van der Waals surface area (Å²) in [4.78, 5) is 11.3. The monoisotopic (exact) mass is 248 g/mol. The highest BCUT2D eigenvalue weighted by Crippen LogP contribution is 2.13. The summed E-state index contributed by atoms with van der Waals surface area (Å²) in [5.41, 5.74) is 0.217. The normalized spacial score (nSPS) is 15.4. The van der Waals surface area contributed by atoms with Crippen LogP contribution in [0, 0.1) is 0 Å². The van der Waals surface area contributed by atoms with Crippen LogP contribution in [-0.4, -0.2) is 43.5 Å². The molecule has 0 fully saturated rings. The Morgan fingerprint density at radius 1 is 1.44 bits per heavy atom. The van der Waals surface area contributed by atoms with E-state index in [1.165, 1.54) is 6.92 Å². The van der Waals surface area contributed by atoms with Gasteiger partial charge in [0.25, 0.3) is 0 Å². The molecule has 0 rings (SSSR count). The molecule has 0 saturated heterocycles. The Balaban J connectivity index is 4.56. The number of hydrogen-bond acceptors (Lipinski definition) is 5. The minimum absolute atomic E-state index is 0.217. The van der Waals surface area contributed by atoms with Gasteiger partial charge in [0.1, 0.15) is 6.10 Å². The van der Waals surface area contributed by atoms with Crippen LogP contribution in [0.5, 0.6) is 0 Å². The lowest BCUT2D eigenvalue weighted by Crippen LogP contribution is -2.43. The Kier molecular flexibility index (Phi) is 5.88. The number of esters is 1. The predicted molar refractivity (Wildman–Crippen MR) is 62.2 cm³/mol. The zero-order valence-electron chi connectivity index (χ0n) is 10.2. The summed E-state index contributed by atoms with van der Waals surface area (Å²) in [6, 6.07) is 0. The second-order valence-electron chi connectivity index (χ2n) is 4.53. The van der Waals surface area contributed by atoms with Crippen molar-refractivity contribution in [2.24, 2.45) is 0 Å². The summed E-state index contributed by atoms with van der Waals surface area (Å²) in [7, 11) is -1.98. The van der Waals surface area contributed by atoms with Crippen LogP contribution in [0.4, 0.5) is 0 Å². The largest absolute Gasteiger partial charge is 0.430 e. The molecule has 0 heterocycles. The van der Waals surface area contributed by atoms with E-state index in [1.807, 2.05) is 19.6 Å². The molecule has 0 saturated carbocycles. The molecule has 0 aromatic heterocycles. The van der Waals surface area contributed by atoms with Gasteiger partial charge in [-0.1, -0.05) is 6.58 Å². The van der Waals surface area contributed by atoms with E-state index in [0.717, 1.165) is 0 Å². The molecule has 0 bridgehead atoms.